The quantitative estimate of drug-likeness (QED) is 0.820. The maximum atomic E-state index is 12.0. The first-order chi connectivity index (χ1) is 7.50. The summed E-state index contributed by atoms with van der Waals surface area (Å²) in [5.74, 6) is 0.427. The number of halogens is 1. The van der Waals surface area contributed by atoms with E-state index in [2.05, 4.69) is 5.32 Å². The number of hydrogen-bond donors (Lipinski definition) is 1. The average Bonchev–Trinajstić information content (AvgIpc) is 2.26. The van der Waals surface area contributed by atoms with Gasteiger partial charge in [-0.15, -0.1) is 11.6 Å². The molecule has 0 aliphatic heterocycles. The Kier molecular flexibility index (Phi) is 4.58. The molecule has 0 spiro atoms. The van der Waals surface area contributed by atoms with Gasteiger partial charge in [0.25, 0.3) is 0 Å². The van der Waals surface area contributed by atoms with Gasteiger partial charge in [-0.3, -0.25) is 0 Å². The topological polar surface area (TPSA) is 49.4 Å². The molecule has 90 valence electrons. The van der Waals surface area contributed by atoms with E-state index in [0.29, 0.717) is 18.1 Å². The summed E-state index contributed by atoms with van der Waals surface area (Å²) in [4.78, 5) is 0.269. The molecule has 1 rings (SSSR count). The predicted octanol–water partition coefficient (Wildman–Crippen LogP) is 1.59. The average molecular weight is 263 g/mol. The Morgan fingerprint density at radius 2 is 1.94 bits per heavy atom. The van der Waals surface area contributed by atoms with Crippen molar-refractivity contribution in [3.8, 4) is 0 Å². The molecular weight excluding hydrogens is 248 g/mol. The number of nitrogens with one attached hydrogen (secondary N) is 1. The zero-order valence-electron chi connectivity index (χ0n) is 9.27. The zero-order chi connectivity index (χ0) is 12.2. The lowest BCUT2D eigenvalue weighted by atomic mass is 10.3. The van der Waals surface area contributed by atoms with E-state index in [1.807, 2.05) is 0 Å². The van der Waals surface area contributed by atoms with Crippen LogP contribution in [0.25, 0.3) is 0 Å². The summed E-state index contributed by atoms with van der Waals surface area (Å²) in [5.41, 5.74) is 0.580. The van der Waals surface area contributed by atoms with Gasteiger partial charge in [-0.1, -0.05) is 12.1 Å². The minimum absolute atomic E-state index is 0.269. The molecule has 0 atom stereocenters. The number of para-hydroxylation sites is 1. The highest BCUT2D eigenvalue weighted by atomic mass is 35.5. The van der Waals surface area contributed by atoms with E-state index < -0.39 is 10.0 Å². The molecular formula is C10H15ClN2O2S. The molecule has 16 heavy (non-hydrogen) atoms. The predicted molar refractivity (Wildman–Crippen MR) is 66.5 cm³/mol. The third-order valence-electron chi connectivity index (χ3n) is 2.06. The minimum Gasteiger partial charge on any atom is -0.383 e. The van der Waals surface area contributed by atoms with E-state index in [1.165, 1.54) is 18.4 Å². The van der Waals surface area contributed by atoms with E-state index in [0.717, 1.165) is 0 Å². The Morgan fingerprint density at radius 1 is 1.31 bits per heavy atom. The summed E-state index contributed by atoms with van der Waals surface area (Å²) in [6.07, 6.45) is 0. The first-order valence-electron chi connectivity index (χ1n) is 4.81. The highest BCUT2D eigenvalue weighted by Gasteiger charge is 2.20. The Balaban J connectivity index is 3.13. The third-order valence-corrected chi connectivity index (χ3v) is 4.12. The molecule has 0 fully saturated rings. The van der Waals surface area contributed by atoms with E-state index in [4.69, 9.17) is 11.6 Å². The molecule has 0 radical (unpaired) electrons. The second-order valence-corrected chi connectivity index (χ2v) is 5.90. The summed E-state index contributed by atoms with van der Waals surface area (Å²) in [5, 5.41) is 2.99. The van der Waals surface area contributed by atoms with Crippen molar-refractivity contribution in [3.63, 3.8) is 0 Å². The molecule has 0 bridgehead atoms. The maximum Gasteiger partial charge on any atom is 0.244 e. The van der Waals surface area contributed by atoms with Crippen molar-refractivity contribution in [3.05, 3.63) is 24.3 Å². The van der Waals surface area contributed by atoms with Crippen LogP contribution >= 0.6 is 11.6 Å². The summed E-state index contributed by atoms with van der Waals surface area (Å²) >= 11 is 5.56. The van der Waals surface area contributed by atoms with Gasteiger partial charge in [0.2, 0.25) is 10.0 Å². The van der Waals surface area contributed by atoms with Crippen molar-refractivity contribution in [1.82, 2.24) is 4.31 Å². The van der Waals surface area contributed by atoms with Crippen molar-refractivity contribution in [1.29, 1.82) is 0 Å². The minimum atomic E-state index is -3.41. The molecule has 4 nitrogen and oxygen atoms in total. The molecule has 1 N–H and O–H groups in total. The third kappa shape index (κ3) is 2.87. The van der Waals surface area contributed by atoms with Crippen molar-refractivity contribution >= 4 is 27.3 Å². The van der Waals surface area contributed by atoms with Gasteiger partial charge in [0.15, 0.2) is 0 Å². The number of benzene rings is 1. The van der Waals surface area contributed by atoms with Crippen LogP contribution in [0.3, 0.4) is 0 Å². The first kappa shape index (κ1) is 13.3. The second kappa shape index (κ2) is 5.52. The van der Waals surface area contributed by atoms with E-state index in [1.54, 1.807) is 24.3 Å². The van der Waals surface area contributed by atoms with Gasteiger partial charge in [0.1, 0.15) is 4.90 Å². The molecule has 0 heterocycles. The number of rotatable bonds is 5. The fraction of sp³-hybridized carbons (Fsp3) is 0.400. The van der Waals surface area contributed by atoms with Crippen molar-refractivity contribution in [2.45, 2.75) is 4.90 Å². The maximum absolute atomic E-state index is 12.0. The number of anilines is 1. The summed E-state index contributed by atoms with van der Waals surface area (Å²) in [6, 6.07) is 6.78. The van der Waals surface area contributed by atoms with E-state index >= 15 is 0 Å². The zero-order valence-corrected chi connectivity index (χ0v) is 10.8. The Hall–Kier alpha value is -0.780. The first-order valence-corrected chi connectivity index (χ1v) is 6.79. The Bertz CT molecular complexity index is 446. The molecule has 0 aliphatic carbocycles. The van der Waals surface area contributed by atoms with Crippen LogP contribution in [0.5, 0.6) is 0 Å². The van der Waals surface area contributed by atoms with E-state index in [9.17, 15) is 8.42 Å². The van der Waals surface area contributed by atoms with Crippen molar-refractivity contribution < 1.29 is 8.42 Å². The van der Waals surface area contributed by atoms with Gasteiger partial charge in [0, 0.05) is 26.5 Å². The molecule has 1 aromatic carbocycles. The summed E-state index contributed by atoms with van der Waals surface area (Å²) in [7, 11) is -0.395. The summed E-state index contributed by atoms with van der Waals surface area (Å²) < 4.78 is 25.1. The van der Waals surface area contributed by atoms with Gasteiger partial charge in [-0.25, -0.2) is 12.7 Å². The molecule has 1 aromatic rings. The van der Waals surface area contributed by atoms with Crippen LogP contribution in [0.1, 0.15) is 0 Å². The van der Waals surface area contributed by atoms with Crippen LogP contribution in [-0.2, 0) is 10.0 Å². The number of sulfonamides is 1. The van der Waals surface area contributed by atoms with Gasteiger partial charge >= 0.3 is 0 Å². The van der Waals surface area contributed by atoms with Gasteiger partial charge < -0.3 is 5.32 Å². The number of hydrogen-bond acceptors (Lipinski definition) is 3. The number of nitrogens with zero attached hydrogens (tertiary/aromatic N) is 1. The fourth-order valence-corrected chi connectivity index (χ4v) is 2.37. The van der Waals surface area contributed by atoms with E-state index in [-0.39, 0.29) is 4.90 Å². The molecule has 0 saturated carbocycles. The highest BCUT2D eigenvalue weighted by molar-refractivity contribution is 7.89. The molecule has 0 saturated heterocycles. The van der Waals surface area contributed by atoms with Crippen LogP contribution in [0, 0.1) is 0 Å². The number of alkyl halides is 1. The van der Waals surface area contributed by atoms with Gasteiger partial charge in [0.05, 0.1) is 5.69 Å². The van der Waals surface area contributed by atoms with Crippen molar-refractivity contribution in [2.24, 2.45) is 0 Å². The molecule has 0 aliphatic rings. The van der Waals surface area contributed by atoms with Gasteiger partial charge in [-0.05, 0) is 12.1 Å². The van der Waals surface area contributed by atoms with Crippen LogP contribution in [-0.4, -0.2) is 39.2 Å². The molecule has 0 unspecified atom stereocenters. The molecule has 0 aromatic heterocycles. The normalized spacial score (nSPS) is 11.8. The van der Waals surface area contributed by atoms with Gasteiger partial charge in [-0.2, -0.15) is 0 Å². The van der Waals surface area contributed by atoms with Crippen LogP contribution in [0.15, 0.2) is 29.2 Å². The molecule has 0 amide bonds. The van der Waals surface area contributed by atoms with Crippen LogP contribution in [0.2, 0.25) is 0 Å². The Morgan fingerprint density at radius 3 is 2.50 bits per heavy atom. The SMILES string of the molecule is CN(C)S(=O)(=O)c1ccccc1NCCCl. The van der Waals surface area contributed by atoms with Crippen molar-refractivity contribution in [2.75, 3.05) is 31.8 Å². The second-order valence-electron chi connectivity index (χ2n) is 3.40. The smallest absolute Gasteiger partial charge is 0.244 e. The molecule has 6 heteroatoms. The van der Waals surface area contributed by atoms with Crippen LogP contribution in [0.4, 0.5) is 5.69 Å². The highest BCUT2D eigenvalue weighted by Crippen LogP contribution is 2.22. The lowest BCUT2D eigenvalue weighted by molar-refractivity contribution is 0.521. The monoisotopic (exact) mass is 262 g/mol. The summed E-state index contributed by atoms with van der Waals surface area (Å²) in [6.45, 7) is 0.529. The Labute approximate surface area is 101 Å². The largest absolute Gasteiger partial charge is 0.383 e. The lowest BCUT2D eigenvalue weighted by Gasteiger charge is -2.15. The lowest BCUT2D eigenvalue weighted by Crippen LogP contribution is -2.23. The standard InChI is InChI=1S/C10H15ClN2O2S/c1-13(2)16(14,15)10-6-4-3-5-9(10)12-8-7-11/h3-6,12H,7-8H2,1-2H3. The van der Waals surface area contributed by atoms with Crippen LogP contribution < -0.4 is 5.32 Å². The fourth-order valence-electron chi connectivity index (χ4n) is 1.22.